The Morgan fingerprint density at radius 1 is 0.950 bits per heavy atom. The SMILES string of the molecule is NC=O.O=S(=O)(c1ccc(F)cc1)N1C2CC(C2)C1Cc1cc(-c2cnc(C(F)(F)F)nc2)ncc1C(F)(F)F. The zero-order chi connectivity index (χ0) is 29.5. The van der Waals surface area contributed by atoms with Crippen LogP contribution in [0.4, 0.5) is 30.7 Å². The van der Waals surface area contributed by atoms with Crippen LogP contribution >= 0.6 is 0 Å². The Labute approximate surface area is 223 Å². The van der Waals surface area contributed by atoms with Crippen LogP contribution in [0, 0.1) is 11.7 Å². The predicted molar refractivity (Wildman–Crippen MR) is 125 cm³/mol. The Morgan fingerprint density at radius 2 is 1.52 bits per heavy atom. The number of carbonyl (C=O) groups excluding carboxylic acids is 1. The van der Waals surface area contributed by atoms with Gasteiger partial charge in [0, 0.05) is 36.2 Å². The van der Waals surface area contributed by atoms with E-state index in [1.807, 2.05) is 0 Å². The molecule has 214 valence electrons. The molecule has 40 heavy (non-hydrogen) atoms. The van der Waals surface area contributed by atoms with Gasteiger partial charge in [0.25, 0.3) is 0 Å². The monoisotopic (exact) mass is 591 g/mol. The van der Waals surface area contributed by atoms with Crippen LogP contribution in [0.2, 0.25) is 0 Å². The van der Waals surface area contributed by atoms with Crippen molar-refractivity contribution in [1.29, 1.82) is 0 Å². The van der Waals surface area contributed by atoms with Crippen LogP contribution in [0.25, 0.3) is 11.3 Å². The minimum atomic E-state index is -4.81. The number of alkyl halides is 6. The molecule has 1 aliphatic carbocycles. The van der Waals surface area contributed by atoms with Crippen LogP contribution < -0.4 is 5.73 Å². The average molecular weight is 592 g/mol. The molecule has 2 N–H and O–H groups in total. The molecule has 4 heterocycles. The van der Waals surface area contributed by atoms with E-state index in [1.54, 1.807) is 0 Å². The van der Waals surface area contributed by atoms with Crippen LogP contribution in [-0.4, -0.2) is 46.2 Å². The van der Waals surface area contributed by atoms with Gasteiger partial charge in [0.05, 0.1) is 16.2 Å². The molecule has 2 aromatic heterocycles. The summed E-state index contributed by atoms with van der Waals surface area (Å²) in [7, 11) is -4.12. The molecule has 2 aliphatic heterocycles. The third-order valence-electron chi connectivity index (χ3n) is 6.69. The fourth-order valence-corrected chi connectivity index (χ4v) is 6.79. The Balaban J connectivity index is 0.00000118. The number of halogens is 7. The van der Waals surface area contributed by atoms with Crippen molar-refractivity contribution in [2.45, 2.75) is 48.6 Å². The molecule has 1 saturated carbocycles. The van der Waals surface area contributed by atoms with Gasteiger partial charge in [0.1, 0.15) is 5.82 Å². The van der Waals surface area contributed by atoms with E-state index in [2.05, 4.69) is 20.7 Å². The van der Waals surface area contributed by atoms with E-state index >= 15 is 0 Å². The van der Waals surface area contributed by atoms with E-state index in [0.29, 0.717) is 19.0 Å². The molecular formula is C24H20F7N5O3S. The number of carbonyl (C=O) groups is 1. The van der Waals surface area contributed by atoms with E-state index < -0.39 is 45.6 Å². The summed E-state index contributed by atoms with van der Waals surface area (Å²) in [4.78, 5) is 18.6. The molecule has 1 atom stereocenters. The number of sulfonamides is 1. The van der Waals surface area contributed by atoms with E-state index in [4.69, 9.17) is 4.79 Å². The van der Waals surface area contributed by atoms with Crippen molar-refractivity contribution in [2.24, 2.45) is 11.7 Å². The number of nitrogens with two attached hydrogens (primary N) is 1. The van der Waals surface area contributed by atoms with Crippen LogP contribution in [-0.2, 0) is 33.6 Å². The van der Waals surface area contributed by atoms with Crippen molar-refractivity contribution in [3.05, 3.63) is 71.7 Å². The average Bonchev–Trinajstić information content (AvgIpc) is 3.39. The van der Waals surface area contributed by atoms with Gasteiger partial charge in [-0.15, -0.1) is 0 Å². The predicted octanol–water partition coefficient (Wildman–Crippen LogP) is 4.21. The first-order valence-electron chi connectivity index (χ1n) is 11.6. The molecule has 3 aliphatic rings. The summed E-state index contributed by atoms with van der Waals surface area (Å²) in [6.45, 7) is 0. The normalized spacial score (nSPS) is 20.8. The Morgan fingerprint density at radius 3 is 2.05 bits per heavy atom. The number of hydrogen-bond acceptors (Lipinski definition) is 6. The molecule has 2 saturated heterocycles. The van der Waals surface area contributed by atoms with Gasteiger partial charge < -0.3 is 5.73 Å². The lowest BCUT2D eigenvalue weighted by Crippen LogP contribution is -2.38. The van der Waals surface area contributed by atoms with E-state index in [9.17, 15) is 39.2 Å². The molecule has 16 heteroatoms. The summed E-state index contributed by atoms with van der Waals surface area (Å²) in [5.41, 5.74) is 2.71. The number of benzene rings is 1. The summed E-state index contributed by atoms with van der Waals surface area (Å²) in [5.74, 6) is -2.21. The Hall–Kier alpha value is -3.66. The maximum absolute atomic E-state index is 13.8. The largest absolute Gasteiger partial charge is 0.451 e. The number of fused-ring (bicyclic) bond motifs is 1. The second kappa shape index (κ2) is 10.7. The van der Waals surface area contributed by atoms with Crippen LogP contribution in [0.3, 0.4) is 0 Å². The first-order valence-corrected chi connectivity index (χ1v) is 13.0. The van der Waals surface area contributed by atoms with E-state index in [1.165, 1.54) is 4.31 Å². The summed E-state index contributed by atoms with van der Waals surface area (Å²) < 4.78 is 121. The number of hydrogen-bond donors (Lipinski definition) is 1. The first kappa shape index (κ1) is 29.3. The van der Waals surface area contributed by atoms with Crippen molar-refractivity contribution < 1.29 is 43.9 Å². The maximum Gasteiger partial charge on any atom is 0.451 e. The lowest BCUT2D eigenvalue weighted by Gasteiger charge is -2.26. The van der Waals surface area contributed by atoms with Crippen molar-refractivity contribution in [3.63, 3.8) is 0 Å². The Bertz CT molecular complexity index is 1470. The summed E-state index contributed by atoms with van der Waals surface area (Å²) in [6.07, 6.45) is -6.48. The minimum absolute atomic E-state index is 0.0329. The highest BCUT2D eigenvalue weighted by atomic mass is 32.2. The van der Waals surface area contributed by atoms with Crippen molar-refractivity contribution >= 4 is 16.4 Å². The van der Waals surface area contributed by atoms with E-state index in [0.717, 1.165) is 42.7 Å². The zero-order valence-corrected chi connectivity index (χ0v) is 21.0. The second-order valence-electron chi connectivity index (χ2n) is 9.10. The van der Waals surface area contributed by atoms with Crippen molar-refractivity contribution in [3.8, 4) is 11.3 Å². The maximum atomic E-state index is 13.8. The smallest absolute Gasteiger partial charge is 0.372 e. The standard InChI is InChI=1S/C23H17F7N4O2S.CH3NO/c24-15-1-3-17(4-2-15)37(35,36)34-16-5-13(6-16)20(34)8-12-7-19(31-11-18(12)22(25,26)27)14-9-32-21(33-10-14)23(28,29)30;2-1-3/h1-4,7,9-11,13,16,20H,5-6,8H2;1H,(H2,2,3). The fourth-order valence-electron chi connectivity index (χ4n) is 4.90. The quantitative estimate of drug-likeness (QED) is 0.351. The third kappa shape index (κ3) is 5.77. The molecule has 8 nitrogen and oxygen atoms in total. The second-order valence-corrected chi connectivity index (χ2v) is 10.9. The van der Waals surface area contributed by atoms with Crippen LogP contribution in [0.15, 0.2) is 53.8 Å². The summed E-state index contributed by atoms with van der Waals surface area (Å²) in [5, 5.41) is 0. The lowest BCUT2D eigenvalue weighted by molar-refractivity contribution is -0.145. The highest BCUT2D eigenvalue weighted by molar-refractivity contribution is 7.89. The van der Waals surface area contributed by atoms with Gasteiger partial charge in [-0.05, 0) is 61.1 Å². The van der Waals surface area contributed by atoms with Gasteiger partial charge in [-0.25, -0.2) is 22.8 Å². The Kier molecular flexibility index (Phi) is 7.86. The minimum Gasteiger partial charge on any atom is -0.372 e. The van der Waals surface area contributed by atoms with Gasteiger partial charge in [-0.2, -0.15) is 30.6 Å². The van der Waals surface area contributed by atoms with Gasteiger partial charge in [0.2, 0.25) is 22.3 Å². The van der Waals surface area contributed by atoms with Gasteiger partial charge in [0.15, 0.2) is 0 Å². The molecule has 1 unspecified atom stereocenters. The molecule has 1 amide bonds. The molecule has 0 spiro atoms. The highest BCUT2D eigenvalue weighted by Crippen LogP contribution is 2.50. The van der Waals surface area contributed by atoms with Crippen molar-refractivity contribution in [2.75, 3.05) is 0 Å². The number of pyridine rings is 1. The highest BCUT2D eigenvalue weighted by Gasteiger charge is 2.55. The fraction of sp³-hybridized carbons (Fsp3) is 0.333. The molecule has 0 radical (unpaired) electrons. The number of primary amides is 1. The zero-order valence-electron chi connectivity index (χ0n) is 20.2. The van der Waals surface area contributed by atoms with Crippen molar-refractivity contribution in [1.82, 2.24) is 19.3 Å². The van der Waals surface area contributed by atoms with Gasteiger partial charge in [-0.3, -0.25) is 9.78 Å². The van der Waals surface area contributed by atoms with Gasteiger partial charge in [-0.1, -0.05) is 0 Å². The summed E-state index contributed by atoms with van der Waals surface area (Å²) >= 11 is 0. The number of amides is 1. The number of nitrogens with zero attached hydrogens (tertiary/aromatic N) is 4. The molecule has 3 aromatic rings. The number of aromatic nitrogens is 3. The third-order valence-corrected chi connectivity index (χ3v) is 8.69. The lowest BCUT2D eigenvalue weighted by atomic mass is 9.81. The topological polar surface area (TPSA) is 119 Å². The molecule has 6 rings (SSSR count). The molecule has 3 fully saturated rings. The van der Waals surface area contributed by atoms with Crippen LogP contribution in [0.5, 0.6) is 0 Å². The molecular weight excluding hydrogens is 571 g/mol. The summed E-state index contributed by atoms with van der Waals surface area (Å²) in [6, 6.07) is 4.09. The van der Waals surface area contributed by atoms with Gasteiger partial charge >= 0.3 is 12.4 Å². The molecule has 2 bridgehead atoms. The number of rotatable bonds is 5. The molecule has 1 aromatic carbocycles. The van der Waals surface area contributed by atoms with Crippen LogP contribution in [0.1, 0.15) is 29.8 Å². The van der Waals surface area contributed by atoms with E-state index in [-0.39, 0.29) is 46.5 Å². The first-order chi connectivity index (χ1) is 18.7.